The number of benzene rings is 1. The fourth-order valence-corrected chi connectivity index (χ4v) is 4.12. The van der Waals surface area contributed by atoms with Crippen LogP contribution in [0.5, 0.6) is 0 Å². The Balaban J connectivity index is 2.19. The molecule has 0 radical (unpaired) electrons. The molecule has 0 aromatic heterocycles. The second kappa shape index (κ2) is 5.82. The van der Waals surface area contributed by atoms with Crippen molar-refractivity contribution in [3.8, 4) is 0 Å². The highest BCUT2D eigenvalue weighted by Crippen LogP contribution is 2.33. The van der Waals surface area contributed by atoms with Crippen LogP contribution in [-0.2, 0) is 10.0 Å². The summed E-state index contributed by atoms with van der Waals surface area (Å²) in [6.07, 6.45) is 1.01. The van der Waals surface area contributed by atoms with Crippen LogP contribution in [0.2, 0.25) is 5.02 Å². The summed E-state index contributed by atoms with van der Waals surface area (Å²) in [6, 6.07) is 6.21. The molecule has 1 heterocycles. The van der Waals surface area contributed by atoms with Gasteiger partial charge in [-0.1, -0.05) is 29.7 Å². The minimum absolute atomic E-state index is 0.141. The van der Waals surface area contributed by atoms with Gasteiger partial charge >= 0.3 is 0 Å². The van der Waals surface area contributed by atoms with Gasteiger partial charge in [0.15, 0.2) is 0 Å². The molecule has 2 rings (SSSR count). The minimum Gasteiger partial charge on any atom is -0.409 e. The summed E-state index contributed by atoms with van der Waals surface area (Å²) >= 11 is 5.85. The van der Waals surface area contributed by atoms with Crippen molar-refractivity contribution < 1.29 is 13.6 Å². The summed E-state index contributed by atoms with van der Waals surface area (Å²) in [4.78, 5) is 0.183. The predicted molar refractivity (Wildman–Crippen MR) is 81.0 cm³/mol. The number of hydrogen-bond donors (Lipinski definition) is 2. The Morgan fingerprint density at radius 2 is 2.05 bits per heavy atom. The first-order chi connectivity index (χ1) is 9.79. The molecule has 3 N–H and O–H groups in total. The Hall–Kier alpha value is -1.31. The average Bonchev–Trinajstić information content (AvgIpc) is 2.47. The zero-order chi connectivity index (χ0) is 15.7. The Kier molecular flexibility index (Phi) is 4.46. The molecule has 1 fully saturated rings. The molecular weight excluding hydrogens is 314 g/mol. The number of nitrogens with two attached hydrogens (primary N) is 1. The first-order valence-electron chi connectivity index (χ1n) is 6.53. The van der Waals surface area contributed by atoms with E-state index < -0.39 is 15.4 Å². The van der Waals surface area contributed by atoms with Crippen molar-refractivity contribution in [1.29, 1.82) is 0 Å². The first-order valence-corrected chi connectivity index (χ1v) is 8.35. The second-order valence-electron chi connectivity index (χ2n) is 5.41. The zero-order valence-electron chi connectivity index (χ0n) is 11.7. The van der Waals surface area contributed by atoms with Crippen molar-refractivity contribution in [2.24, 2.45) is 16.3 Å². The van der Waals surface area contributed by atoms with Crippen LogP contribution < -0.4 is 5.73 Å². The Morgan fingerprint density at radius 1 is 1.43 bits per heavy atom. The van der Waals surface area contributed by atoms with Gasteiger partial charge in [-0.05, 0) is 31.0 Å². The van der Waals surface area contributed by atoms with E-state index in [1.54, 1.807) is 12.1 Å². The van der Waals surface area contributed by atoms with Gasteiger partial charge < -0.3 is 10.9 Å². The molecule has 1 aliphatic rings. The SMILES string of the molecule is CC1(/C(N)=N/O)CCN(S(=O)(=O)c2cccc(Cl)c2)CC1. The number of oxime groups is 1. The molecule has 1 saturated heterocycles. The zero-order valence-corrected chi connectivity index (χ0v) is 13.2. The Labute approximate surface area is 129 Å². The summed E-state index contributed by atoms with van der Waals surface area (Å²) in [5, 5.41) is 12.2. The van der Waals surface area contributed by atoms with E-state index in [1.807, 2.05) is 6.92 Å². The highest BCUT2D eigenvalue weighted by atomic mass is 35.5. The normalized spacial score (nSPS) is 20.4. The third-order valence-electron chi connectivity index (χ3n) is 3.99. The van der Waals surface area contributed by atoms with Gasteiger partial charge in [0.25, 0.3) is 0 Å². The lowest BCUT2D eigenvalue weighted by Gasteiger charge is -2.37. The smallest absolute Gasteiger partial charge is 0.243 e. The van der Waals surface area contributed by atoms with Crippen molar-refractivity contribution in [3.05, 3.63) is 29.3 Å². The monoisotopic (exact) mass is 331 g/mol. The molecule has 0 saturated carbocycles. The molecule has 0 atom stereocenters. The minimum atomic E-state index is -3.56. The maximum absolute atomic E-state index is 12.5. The third kappa shape index (κ3) is 3.14. The molecule has 0 unspecified atom stereocenters. The molecule has 0 amide bonds. The van der Waals surface area contributed by atoms with E-state index in [0.717, 1.165) is 0 Å². The Morgan fingerprint density at radius 3 is 2.57 bits per heavy atom. The second-order valence-corrected chi connectivity index (χ2v) is 7.78. The predicted octanol–water partition coefficient (Wildman–Crippen LogP) is 1.88. The number of piperidine rings is 1. The number of halogens is 1. The van der Waals surface area contributed by atoms with E-state index in [4.69, 9.17) is 22.5 Å². The van der Waals surface area contributed by atoms with Crippen LogP contribution in [0.1, 0.15) is 19.8 Å². The van der Waals surface area contributed by atoms with E-state index in [9.17, 15) is 8.42 Å². The van der Waals surface area contributed by atoms with Crippen LogP contribution in [-0.4, -0.2) is 36.9 Å². The quantitative estimate of drug-likeness (QED) is 0.382. The van der Waals surface area contributed by atoms with Gasteiger partial charge in [-0.3, -0.25) is 0 Å². The fraction of sp³-hybridized carbons (Fsp3) is 0.462. The average molecular weight is 332 g/mol. The standard InChI is InChI=1S/C13H18ClN3O3S/c1-13(12(15)16-18)5-7-17(8-6-13)21(19,20)11-4-2-3-10(14)9-11/h2-4,9,18H,5-8H2,1H3,(H2,15,16). The summed E-state index contributed by atoms with van der Waals surface area (Å²) < 4.78 is 26.5. The summed E-state index contributed by atoms with van der Waals surface area (Å²) in [5.74, 6) is 0.141. The van der Waals surface area contributed by atoms with Gasteiger partial charge in [0.05, 0.1) is 4.90 Å². The molecule has 116 valence electrons. The maximum atomic E-state index is 12.5. The molecule has 8 heteroatoms. The van der Waals surface area contributed by atoms with Crippen LogP contribution in [0.3, 0.4) is 0 Å². The van der Waals surface area contributed by atoms with Crippen molar-refractivity contribution in [3.63, 3.8) is 0 Å². The van der Waals surface area contributed by atoms with E-state index >= 15 is 0 Å². The topological polar surface area (TPSA) is 96.0 Å². The van der Waals surface area contributed by atoms with Crippen LogP contribution in [0.15, 0.2) is 34.3 Å². The highest BCUT2D eigenvalue weighted by molar-refractivity contribution is 7.89. The van der Waals surface area contributed by atoms with E-state index in [-0.39, 0.29) is 10.7 Å². The van der Waals surface area contributed by atoms with E-state index in [0.29, 0.717) is 31.0 Å². The number of amidine groups is 1. The lowest BCUT2D eigenvalue weighted by Crippen LogP contribution is -2.47. The molecule has 1 aliphatic heterocycles. The fourth-order valence-electron chi connectivity index (χ4n) is 2.37. The molecule has 0 bridgehead atoms. The molecular formula is C13H18ClN3O3S. The largest absolute Gasteiger partial charge is 0.409 e. The van der Waals surface area contributed by atoms with Gasteiger partial charge in [0.2, 0.25) is 10.0 Å². The van der Waals surface area contributed by atoms with Crippen LogP contribution in [0.4, 0.5) is 0 Å². The van der Waals surface area contributed by atoms with E-state index in [1.165, 1.54) is 16.4 Å². The number of sulfonamides is 1. The first kappa shape index (κ1) is 16.1. The van der Waals surface area contributed by atoms with Gasteiger partial charge in [0, 0.05) is 23.5 Å². The van der Waals surface area contributed by atoms with Gasteiger partial charge in [-0.2, -0.15) is 4.31 Å². The van der Waals surface area contributed by atoms with Gasteiger partial charge in [-0.15, -0.1) is 0 Å². The molecule has 1 aromatic rings. The maximum Gasteiger partial charge on any atom is 0.243 e. The van der Waals surface area contributed by atoms with Crippen molar-refractivity contribution in [2.75, 3.05) is 13.1 Å². The van der Waals surface area contributed by atoms with Crippen molar-refractivity contribution in [2.45, 2.75) is 24.7 Å². The number of hydrogen-bond acceptors (Lipinski definition) is 4. The molecule has 6 nitrogen and oxygen atoms in total. The molecule has 0 spiro atoms. The van der Waals surface area contributed by atoms with E-state index in [2.05, 4.69) is 5.16 Å². The summed E-state index contributed by atoms with van der Waals surface area (Å²) in [5.41, 5.74) is 5.20. The number of rotatable bonds is 3. The van der Waals surface area contributed by atoms with Gasteiger partial charge in [0.1, 0.15) is 5.84 Å². The molecule has 1 aromatic carbocycles. The molecule has 0 aliphatic carbocycles. The van der Waals surface area contributed by atoms with Crippen LogP contribution in [0.25, 0.3) is 0 Å². The van der Waals surface area contributed by atoms with Crippen molar-refractivity contribution in [1.82, 2.24) is 4.31 Å². The van der Waals surface area contributed by atoms with Crippen LogP contribution >= 0.6 is 11.6 Å². The number of nitrogens with zero attached hydrogens (tertiary/aromatic N) is 2. The highest BCUT2D eigenvalue weighted by Gasteiger charge is 2.38. The van der Waals surface area contributed by atoms with Crippen LogP contribution in [0, 0.1) is 5.41 Å². The Bertz CT molecular complexity index is 652. The molecule has 21 heavy (non-hydrogen) atoms. The third-order valence-corrected chi connectivity index (χ3v) is 6.12. The lowest BCUT2D eigenvalue weighted by atomic mass is 9.80. The van der Waals surface area contributed by atoms with Gasteiger partial charge in [-0.25, -0.2) is 8.42 Å². The van der Waals surface area contributed by atoms with Crippen molar-refractivity contribution >= 4 is 27.5 Å². The summed E-state index contributed by atoms with van der Waals surface area (Å²) in [7, 11) is -3.56. The lowest BCUT2D eigenvalue weighted by molar-refractivity contribution is 0.230. The summed E-state index contributed by atoms with van der Waals surface area (Å²) in [6.45, 7) is 2.51.